The van der Waals surface area contributed by atoms with Gasteiger partial charge in [0.05, 0.1) is 12.7 Å². The molecular formula is C19H30O8. The van der Waals surface area contributed by atoms with E-state index < -0.39 is 54.9 Å². The molecule has 7 atom stereocenters. The molecule has 0 bridgehead atoms. The van der Waals surface area contributed by atoms with Crippen LogP contribution in [0.15, 0.2) is 23.3 Å². The Hall–Kier alpha value is -1.13. The first kappa shape index (κ1) is 22.2. The zero-order chi connectivity index (χ0) is 20.5. The number of aliphatic hydroxyl groups is 5. The number of ketones is 1. The van der Waals surface area contributed by atoms with E-state index in [0.29, 0.717) is 12.0 Å². The highest BCUT2D eigenvalue weighted by atomic mass is 16.7. The van der Waals surface area contributed by atoms with E-state index in [1.165, 1.54) is 13.0 Å². The summed E-state index contributed by atoms with van der Waals surface area (Å²) in [5.41, 5.74) is 1.11. The number of carbonyl (C=O) groups excluding carboxylic acids is 1. The first-order chi connectivity index (χ1) is 12.5. The van der Waals surface area contributed by atoms with E-state index in [1.807, 2.05) is 13.8 Å². The molecule has 0 spiro atoms. The van der Waals surface area contributed by atoms with Crippen molar-refractivity contribution in [2.75, 3.05) is 6.61 Å². The summed E-state index contributed by atoms with van der Waals surface area (Å²) in [6.07, 6.45) is -5.26. The van der Waals surface area contributed by atoms with Gasteiger partial charge in [0.15, 0.2) is 12.1 Å². The Morgan fingerprint density at radius 1 is 1.22 bits per heavy atom. The highest BCUT2D eigenvalue weighted by molar-refractivity contribution is 5.87. The van der Waals surface area contributed by atoms with E-state index in [-0.39, 0.29) is 5.78 Å². The maximum atomic E-state index is 11.3. The van der Waals surface area contributed by atoms with Crippen LogP contribution in [0.3, 0.4) is 0 Å². The molecule has 2 unspecified atom stereocenters. The zero-order valence-corrected chi connectivity index (χ0v) is 16.1. The van der Waals surface area contributed by atoms with Gasteiger partial charge in [-0.1, -0.05) is 19.9 Å². The van der Waals surface area contributed by atoms with E-state index in [1.54, 1.807) is 13.0 Å². The molecule has 2 aliphatic rings. The highest BCUT2D eigenvalue weighted by Gasteiger charge is 2.47. The number of carbonyl (C=O) groups is 1. The molecule has 1 fully saturated rings. The number of allylic oxidation sites excluding steroid dienone is 3. The molecule has 0 aromatic rings. The van der Waals surface area contributed by atoms with Crippen molar-refractivity contribution in [3.8, 4) is 0 Å². The van der Waals surface area contributed by atoms with Gasteiger partial charge in [-0.05, 0) is 42.9 Å². The van der Waals surface area contributed by atoms with Crippen LogP contribution in [0.1, 0.15) is 34.1 Å². The average molecular weight is 386 g/mol. The molecule has 1 saturated heterocycles. The summed E-state index contributed by atoms with van der Waals surface area (Å²) in [5.74, 6) is -0.108. The van der Waals surface area contributed by atoms with Crippen molar-refractivity contribution >= 4 is 5.78 Å². The van der Waals surface area contributed by atoms with Crippen LogP contribution in [0.5, 0.6) is 0 Å². The van der Waals surface area contributed by atoms with Crippen molar-refractivity contribution < 1.29 is 39.8 Å². The zero-order valence-electron chi connectivity index (χ0n) is 16.1. The van der Waals surface area contributed by atoms with Crippen molar-refractivity contribution in [3.05, 3.63) is 23.3 Å². The molecule has 154 valence electrons. The van der Waals surface area contributed by atoms with Crippen LogP contribution < -0.4 is 0 Å². The lowest BCUT2D eigenvalue weighted by Crippen LogP contribution is -2.60. The van der Waals surface area contributed by atoms with Crippen molar-refractivity contribution in [2.45, 2.75) is 77.0 Å². The van der Waals surface area contributed by atoms with Crippen molar-refractivity contribution in [3.63, 3.8) is 0 Å². The fraction of sp³-hybridized carbons (Fsp3) is 0.737. The molecule has 0 saturated carbocycles. The van der Waals surface area contributed by atoms with Crippen LogP contribution in [0.4, 0.5) is 0 Å². The smallest absolute Gasteiger partial charge is 0.187 e. The maximum Gasteiger partial charge on any atom is 0.187 e. The molecule has 0 amide bonds. The molecule has 8 heteroatoms. The Kier molecular flexibility index (Phi) is 6.96. The van der Waals surface area contributed by atoms with Gasteiger partial charge in [-0.2, -0.15) is 0 Å². The Morgan fingerprint density at radius 2 is 1.85 bits per heavy atom. The second-order valence-corrected chi connectivity index (χ2v) is 7.95. The third-order valence-electron chi connectivity index (χ3n) is 5.26. The predicted octanol–water partition coefficient (Wildman–Crippen LogP) is -0.576. The molecule has 1 aliphatic carbocycles. The van der Waals surface area contributed by atoms with Crippen molar-refractivity contribution in [1.29, 1.82) is 0 Å². The highest BCUT2D eigenvalue weighted by Crippen LogP contribution is 2.42. The van der Waals surface area contributed by atoms with Gasteiger partial charge in [0.25, 0.3) is 0 Å². The molecule has 2 rings (SSSR count). The fourth-order valence-electron chi connectivity index (χ4n) is 3.79. The second kappa shape index (κ2) is 8.48. The summed E-state index contributed by atoms with van der Waals surface area (Å²) in [5, 5.41) is 49.8. The second-order valence-electron chi connectivity index (χ2n) is 7.95. The normalized spacial score (nSPS) is 39.8. The van der Waals surface area contributed by atoms with Gasteiger partial charge in [-0.15, -0.1) is 0 Å². The molecule has 1 aliphatic heterocycles. The van der Waals surface area contributed by atoms with Crippen LogP contribution in [-0.2, 0) is 14.3 Å². The number of rotatable bonds is 5. The summed E-state index contributed by atoms with van der Waals surface area (Å²) >= 11 is 0. The fourth-order valence-corrected chi connectivity index (χ4v) is 3.79. The van der Waals surface area contributed by atoms with Crippen LogP contribution in [-0.4, -0.2) is 80.8 Å². The lowest BCUT2D eigenvalue weighted by molar-refractivity contribution is -0.314. The van der Waals surface area contributed by atoms with E-state index >= 15 is 0 Å². The van der Waals surface area contributed by atoms with E-state index in [9.17, 15) is 30.3 Å². The van der Waals surface area contributed by atoms with E-state index in [0.717, 1.165) is 5.57 Å². The van der Waals surface area contributed by atoms with Crippen LogP contribution in [0.2, 0.25) is 0 Å². The lowest BCUT2D eigenvalue weighted by atomic mass is 9.70. The largest absolute Gasteiger partial charge is 0.394 e. The van der Waals surface area contributed by atoms with Gasteiger partial charge in [0.2, 0.25) is 0 Å². The molecule has 0 aromatic heterocycles. The van der Waals surface area contributed by atoms with Gasteiger partial charge >= 0.3 is 0 Å². The van der Waals surface area contributed by atoms with Gasteiger partial charge in [-0.25, -0.2) is 0 Å². The molecular weight excluding hydrogens is 356 g/mol. The average Bonchev–Trinajstić information content (AvgIpc) is 2.57. The molecule has 5 N–H and O–H groups in total. The van der Waals surface area contributed by atoms with Crippen molar-refractivity contribution in [1.82, 2.24) is 0 Å². The van der Waals surface area contributed by atoms with E-state index in [4.69, 9.17) is 9.47 Å². The van der Waals surface area contributed by atoms with Crippen LogP contribution in [0, 0.1) is 5.41 Å². The summed E-state index contributed by atoms with van der Waals surface area (Å²) < 4.78 is 11.1. The van der Waals surface area contributed by atoms with Crippen LogP contribution in [0.25, 0.3) is 0 Å². The summed E-state index contributed by atoms with van der Waals surface area (Å²) in [6.45, 7) is 6.54. The lowest BCUT2D eigenvalue weighted by Gasteiger charge is -2.45. The minimum atomic E-state index is -1.56. The molecule has 27 heavy (non-hydrogen) atoms. The van der Waals surface area contributed by atoms with Gasteiger partial charge in [0, 0.05) is 0 Å². The number of hydrogen-bond donors (Lipinski definition) is 5. The molecule has 0 radical (unpaired) electrons. The quantitative estimate of drug-likeness (QED) is 0.396. The number of aliphatic hydroxyl groups excluding tert-OH is 5. The Morgan fingerprint density at radius 3 is 2.41 bits per heavy atom. The first-order valence-corrected chi connectivity index (χ1v) is 9.03. The summed E-state index contributed by atoms with van der Waals surface area (Å²) in [7, 11) is 0. The van der Waals surface area contributed by atoms with E-state index in [2.05, 4.69) is 0 Å². The van der Waals surface area contributed by atoms with Gasteiger partial charge in [-0.3, -0.25) is 4.79 Å². The Labute approximate surface area is 158 Å². The maximum absolute atomic E-state index is 11.3. The minimum Gasteiger partial charge on any atom is -0.394 e. The molecule has 0 aromatic carbocycles. The number of hydrogen-bond acceptors (Lipinski definition) is 8. The SMILES string of the molecule is CC(=O)/C=C/C1=C(C)C(O[C@@H]2O[C@H](CO)[C@@H](O)[C@H](O)[C@H]2O)C(O)CC1(C)C. The Bertz CT molecular complexity index is 609. The number of ether oxygens (including phenoxy) is 2. The molecule has 1 heterocycles. The standard InChI is InChI=1S/C19H30O8/c1-9(21)5-6-11-10(2)17(12(22)7-19(11,3)4)27-18-16(25)15(24)14(23)13(8-20)26-18/h5-6,12-18,20,22-25H,7-8H2,1-4H3/b6-5+/t12?,13-,14-,15+,16-,17?,18+/m1/s1. The topological polar surface area (TPSA) is 137 Å². The predicted molar refractivity (Wildman–Crippen MR) is 95.6 cm³/mol. The Balaban J connectivity index is 2.30. The first-order valence-electron chi connectivity index (χ1n) is 9.03. The summed E-state index contributed by atoms with van der Waals surface area (Å²) in [6, 6.07) is 0. The van der Waals surface area contributed by atoms with Crippen molar-refractivity contribution in [2.24, 2.45) is 5.41 Å². The van der Waals surface area contributed by atoms with Crippen LogP contribution >= 0.6 is 0 Å². The summed E-state index contributed by atoms with van der Waals surface area (Å²) in [4.78, 5) is 11.3. The third-order valence-corrected chi connectivity index (χ3v) is 5.26. The van der Waals surface area contributed by atoms with Gasteiger partial charge in [0.1, 0.15) is 30.5 Å². The minimum absolute atomic E-state index is 0.108. The monoisotopic (exact) mass is 386 g/mol. The molecule has 8 nitrogen and oxygen atoms in total. The third kappa shape index (κ3) is 4.65. The van der Waals surface area contributed by atoms with Gasteiger partial charge < -0.3 is 35.0 Å².